The second-order valence-corrected chi connectivity index (χ2v) is 8.53. The largest absolute Gasteiger partial charge is 0.385 e. The van der Waals surface area contributed by atoms with Crippen LogP contribution in [0.4, 0.5) is 5.82 Å². The minimum Gasteiger partial charge on any atom is -0.385 e. The number of rotatable bonds is 0. The van der Waals surface area contributed by atoms with Gasteiger partial charge in [-0.05, 0) is 91.0 Å². The number of nitrogens with one attached hydrogen (secondary N) is 4. The highest BCUT2D eigenvalue weighted by atomic mass is 16.1. The summed E-state index contributed by atoms with van der Waals surface area (Å²) in [7, 11) is 0. The summed E-state index contributed by atoms with van der Waals surface area (Å²) in [5.41, 5.74) is 14.5. The van der Waals surface area contributed by atoms with Crippen molar-refractivity contribution in [2.45, 2.75) is 0 Å². The van der Waals surface area contributed by atoms with E-state index in [4.69, 9.17) is 15.7 Å². The Bertz CT molecular complexity index is 1820. The maximum Gasteiger partial charge on any atom is 0.346 e. The van der Waals surface area contributed by atoms with E-state index in [2.05, 4.69) is 73.5 Å². The number of H-pyrrole nitrogens is 4. The van der Waals surface area contributed by atoms with Gasteiger partial charge in [0.1, 0.15) is 5.82 Å². The van der Waals surface area contributed by atoms with Crippen LogP contribution in [0.1, 0.15) is 22.8 Å². The minimum absolute atomic E-state index is 0.338. The van der Waals surface area contributed by atoms with E-state index < -0.39 is 5.69 Å². The molecule has 0 spiro atoms. The first-order chi connectivity index (χ1) is 18.1. The highest BCUT2D eigenvalue weighted by Gasteiger charge is 2.07. The molecule has 7 rings (SSSR count). The molecule has 5 aromatic rings. The third-order valence-electron chi connectivity index (χ3n) is 5.70. The van der Waals surface area contributed by atoms with Gasteiger partial charge in [0.25, 0.3) is 0 Å². The van der Waals surface area contributed by atoms with E-state index in [1.165, 1.54) is 12.3 Å². The second kappa shape index (κ2) is 9.31. The maximum atomic E-state index is 10.2. The standard InChI is InChI=1S/C24H17N5.C4H5N3O/c1-2-16-12-18-4-6-20(27-18)14-22-8-10-24(29-22)23-9-7-21(28-23)13-19-5-3-17(26-19)11-15(1)25-16;5-3-1-2-6-4(8)7-3/h1-14,25-27H;1-2H,(H3,5,6,7,8). The molecule has 180 valence electrons. The third-order valence-corrected chi connectivity index (χ3v) is 5.70. The topological polar surface area (TPSA) is 145 Å². The van der Waals surface area contributed by atoms with Gasteiger partial charge in [0.2, 0.25) is 0 Å². The number of hydrogen-bond donors (Lipinski definition) is 5. The Morgan fingerprint density at radius 2 is 0.973 bits per heavy atom. The molecule has 0 aromatic carbocycles. The smallest absolute Gasteiger partial charge is 0.346 e. The van der Waals surface area contributed by atoms with Crippen LogP contribution in [0.15, 0.2) is 77.7 Å². The van der Waals surface area contributed by atoms with Crippen molar-refractivity contribution in [3.05, 3.63) is 106 Å². The zero-order valence-corrected chi connectivity index (χ0v) is 19.6. The van der Waals surface area contributed by atoms with Crippen molar-refractivity contribution in [1.29, 1.82) is 0 Å². The van der Waals surface area contributed by atoms with Gasteiger partial charge in [0.05, 0.1) is 22.8 Å². The predicted molar refractivity (Wildman–Crippen MR) is 149 cm³/mol. The number of hydrogen-bond acceptors (Lipinski definition) is 5. The Labute approximate surface area is 210 Å². The van der Waals surface area contributed by atoms with Crippen LogP contribution >= 0.6 is 0 Å². The molecule has 0 saturated heterocycles. The van der Waals surface area contributed by atoms with Gasteiger partial charge in [0, 0.05) is 39.3 Å². The number of nitrogens with zero attached hydrogens (tertiary/aromatic N) is 3. The summed E-state index contributed by atoms with van der Waals surface area (Å²) in [5.74, 6) is 0.338. The lowest BCUT2D eigenvalue weighted by Gasteiger charge is -1.87. The van der Waals surface area contributed by atoms with Crippen molar-refractivity contribution in [3.8, 4) is 0 Å². The summed E-state index contributed by atoms with van der Waals surface area (Å²) in [6, 6.07) is 22.2. The van der Waals surface area contributed by atoms with Gasteiger partial charge in [0.15, 0.2) is 0 Å². The highest BCUT2D eigenvalue weighted by molar-refractivity contribution is 5.81. The van der Waals surface area contributed by atoms with Crippen LogP contribution in [-0.4, -0.2) is 34.9 Å². The monoisotopic (exact) mass is 486 g/mol. The molecule has 5 aromatic heterocycles. The summed E-state index contributed by atoms with van der Waals surface area (Å²) in [6.45, 7) is 0. The number of anilines is 1. The first-order valence-corrected chi connectivity index (χ1v) is 11.6. The van der Waals surface area contributed by atoms with E-state index in [1.807, 2.05) is 36.4 Å². The molecule has 0 fully saturated rings. The maximum absolute atomic E-state index is 10.2. The van der Waals surface area contributed by atoms with Crippen molar-refractivity contribution in [3.63, 3.8) is 0 Å². The number of aromatic amines is 4. The van der Waals surface area contributed by atoms with Crippen LogP contribution < -0.4 is 11.4 Å². The Balaban J connectivity index is 0.000000272. The van der Waals surface area contributed by atoms with Crippen LogP contribution in [-0.2, 0) is 0 Å². The average molecular weight is 487 g/mol. The third kappa shape index (κ3) is 5.15. The van der Waals surface area contributed by atoms with Gasteiger partial charge in [-0.15, -0.1) is 0 Å². The summed E-state index contributed by atoms with van der Waals surface area (Å²) in [4.78, 5) is 35.6. The van der Waals surface area contributed by atoms with Crippen LogP contribution in [0.2, 0.25) is 0 Å². The van der Waals surface area contributed by atoms with Crippen molar-refractivity contribution in [2.24, 2.45) is 0 Å². The lowest BCUT2D eigenvalue weighted by molar-refractivity contribution is 1.08. The van der Waals surface area contributed by atoms with E-state index in [9.17, 15) is 4.79 Å². The highest BCUT2D eigenvalue weighted by Crippen LogP contribution is 2.20. The predicted octanol–water partition coefficient (Wildman–Crippen LogP) is 5.05. The zero-order chi connectivity index (χ0) is 25.2. The van der Waals surface area contributed by atoms with Gasteiger partial charge < -0.3 is 20.7 Å². The SMILES string of the molecule is C1=Cc2nc1cc1ccc(cc3ccc(cc4ccc(cc5nc2C=C5)[nH]4)[nH]3)[nH]1.Nc1ccnc(=O)[nH]1. The normalized spacial score (nSPS) is 11.8. The van der Waals surface area contributed by atoms with Gasteiger partial charge in [-0.1, -0.05) is 0 Å². The molecular formula is C28H22N8O. The molecule has 0 unspecified atom stereocenters. The number of nitrogens with two attached hydrogens (primary N) is 1. The lowest BCUT2D eigenvalue weighted by atomic mass is 10.3. The molecule has 0 atom stereocenters. The zero-order valence-electron chi connectivity index (χ0n) is 19.6. The van der Waals surface area contributed by atoms with E-state index in [0.29, 0.717) is 5.82 Å². The molecule has 0 aliphatic carbocycles. The van der Waals surface area contributed by atoms with Gasteiger partial charge in [-0.3, -0.25) is 4.98 Å². The van der Waals surface area contributed by atoms with Crippen LogP contribution in [0.25, 0.3) is 57.4 Å². The van der Waals surface area contributed by atoms with Crippen molar-refractivity contribution in [1.82, 2.24) is 34.9 Å². The summed E-state index contributed by atoms with van der Waals surface area (Å²) in [6.07, 6.45) is 9.40. The number of fused-ring (bicyclic) bond motifs is 11. The molecule has 0 saturated carbocycles. The molecule has 37 heavy (non-hydrogen) atoms. The van der Waals surface area contributed by atoms with Crippen LogP contribution in [0.3, 0.4) is 0 Å². The van der Waals surface area contributed by atoms with Crippen molar-refractivity contribution < 1.29 is 0 Å². The van der Waals surface area contributed by atoms with Crippen LogP contribution in [0.5, 0.6) is 0 Å². The fraction of sp³-hybridized carbons (Fsp3) is 0. The van der Waals surface area contributed by atoms with Crippen molar-refractivity contribution in [2.75, 3.05) is 5.73 Å². The van der Waals surface area contributed by atoms with Gasteiger partial charge >= 0.3 is 5.69 Å². The van der Waals surface area contributed by atoms with E-state index in [1.54, 1.807) is 0 Å². The molecule has 2 aliphatic heterocycles. The molecule has 6 N–H and O–H groups in total. The molecule has 2 aliphatic rings. The fourth-order valence-electron chi connectivity index (χ4n) is 4.03. The Kier molecular flexibility index (Phi) is 5.55. The first kappa shape index (κ1) is 22.1. The second-order valence-electron chi connectivity index (χ2n) is 8.53. The van der Waals surface area contributed by atoms with Gasteiger partial charge in [-0.2, -0.15) is 0 Å². The first-order valence-electron chi connectivity index (χ1n) is 11.6. The van der Waals surface area contributed by atoms with Gasteiger partial charge in [-0.25, -0.2) is 19.7 Å². The minimum atomic E-state index is -0.412. The Morgan fingerprint density at radius 1 is 0.541 bits per heavy atom. The average Bonchev–Trinajstić information content (AvgIpc) is 3.68. The number of nitrogen functional groups attached to an aromatic ring is 1. The summed E-state index contributed by atoms with van der Waals surface area (Å²) >= 11 is 0. The fourth-order valence-corrected chi connectivity index (χ4v) is 4.03. The molecular weight excluding hydrogens is 464 g/mol. The summed E-state index contributed by atoms with van der Waals surface area (Å²) < 4.78 is 0. The molecule has 9 nitrogen and oxygen atoms in total. The lowest BCUT2D eigenvalue weighted by Crippen LogP contribution is -2.10. The van der Waals surface area contributed by atoms with E-state index in [0.717, 1.165) is 55.9 Å². The quantitative estimate of drug-likeness (QED) is 0.204. The molecule has 9 heteroatoms. The van der Waals surface area contributed by atoms with Crippen molar-refractivity contribution >= 4 is 63.2 Å². The molecule has 0 amide bonds. The van der Waals surface area contributed by atoms with E-state index >= 15 is 0 Å². The summed E-state index contributed by atoms with van der Waals surface area (Å²) in [5, 5.41) is 0. The molecule has 7 heterocycles. The van der Waals surface area contributed by atoms with E-state index in [-0.39, 0.29) is 0 Å². The molecule has 0 radical (unpaired) electrons. The number of aromatic nitrogens is 7. The Hall–Kier alpha value is -5.44. The molecule has 10 bridgehead atoms. The Morgan fingerprint density at radius 3 is 1.35 bits per heavy atom. The van der Waals surface area contributed by atoms with Crippen LogP contribution in [0, 0.1) is 0 Å².